The van der Waals surface area contributed by atoms with Crippen LogP contribution in [0.5, 0.6) is 0 Å². The van der Waals surface area contributed by atoms with Gasteiger partial charge >= 0.3 is 5.97 Å². The van der Waals surface area contributed by atoms with Crippen LogP contribution in [0.25, 0.3) is 0 Å². The number of carboxylic acid groups (broad SMARTS) is 1. The maximum atomic E-state index is 11.7. The first kappa shape index (κ1) is 13.9. The van der Waals surface area contributed by atoms with Crippen LogP contribution >= 0.6 is 0 Å². The Kier molecular flexibility index (Phi) is 4.89. The van der Waals surface area contributed by atoms with Gasteiger partial charge in [-0.05, 0) is 13.3 Å². The van der Waals surface area contributed by atoms with Gasteiger partial charge in [0, 0.05) is 6.54 Å². The predicted molar refractivity (Wildman–Crippen MR) is 59.6 cm³/mol. The van der Waals surface area contributed by atoms with Crippen LogP contribution in [-0.2, 0) is 19.1 Å². The van der Waals surface area contributed by atoms with Crippen LogP contribution in [-0.4, -0.2) is 49.5 Å². The van der Waals surface area contributed by atoms with Crippen molar-refractivity contribution in [3.63, 3.8) is 0 Å². The minimum absolute atomic E-state index is 0.0948. The van der Waals surface area contributed by atoms with E-state index in [0.29, 0.717) is 19.6 Å². The summed E-state index contributed by atoms with van der Waals surface area (Å²) in [5, 5.41) is 11.6. The lowest BCUT2D eigenvalue weighted by molar-refractivity contribution is -0.151. The zero-order valence-corrected chi connectivity index (χ0v) is 10.2. The Morgan fingerprint density at radius 2 is 2.18 bits per heavy atom. The van der Waals surface area contributed by atoms with E-state index in [9.17, 15) is 9.59 Å². The third kappa shape index (κ3) is 3.67. The fraction of sp³-hybridized carbons (Fsp3) is 0.818. The largest absolute Gasteiger partial charge is 0.481 e. The van der Waals surface area contributed by atoms with E-state index in [4.69, 9.17) is 14.6 Å². The Morgan fingerprint density at radius 1 is 1.47 bits per heavy atom. The van der Waals surface area contributed by atoms with Crippen molar-refractivity contribution in [1.82, 2.24) is 5.32 Å². The van der Waals surface area contributed by atoms with Crippen molar-refractivity contribution in [2.24, 2.45) is 5.41 Å². The van der Waals surface area contributed by atoms with Gasteiger partial charge in [0.05, 0.1) is 25.2 Å². The van der Waals surface area contributed by atoms with Gasteiger partial charge in [0.1, 0.15) is 0 Å². The minimum atomic E-state index is -0.939. The number of hydrogen-bond donors (Lipinski definition) is 2. The second kappa shape index (κ2) is 5.97. The molecule has 0 aliphatic carbocycles. The molecule has 1 aliphatic rings. The van der Waals surface area contributed by atoms with Crippen LogP contribution < -0.4 is 5.32 Å². The van der Waals surface area contributed by atoms with E-state index in [1.807, 2.05) is 0 Å². The third-order valence-corrected chi connectivity index (χ3v) is 3.06. The summed E-state index contributed by atoms with van der Waals surface area (Å²) in [6.45, 7) is 4.58. The zero-order chi connectivity index (χ0) is 12.9. The molecule has 2 unspecified atom stereocenters. The fourth-order valence-electron chi connectivity index (χ4n) is 1.39. The van der Waals surface area contributed by atoms with E-state index in [-0.39, 0.29) is 19.1 Å². The first-order chi connectivity index (χ1) is 7.99. The van der Waals surface area contributed by atoms with Gasteiger partial charge in [0.2, 0.25) is 0 Å². The maximum Gasteiger partial charge on any atom is 0.311 e. The molecule has 0 radical (unpaired) electrons. The number of aliphatic carboxylic acids is 1. The molecule has 98 valence electrons. The number of nitrogens with one attached hydrogen (secondary N) is 1. The molecule has 0 spiro atoms. The summed E-state index contributed by atoms with van der Waals surface area (Å²) >= 11 is 0. The molecule has 6 nitrogen and oxygen atoms in total. The smallest absolute Gasteiger partial charge is 0.311 e. The Hall–Kier alpha value is -1.14. The summed E-state index contributed by atoms with van der Waals surface area (Å²) in [5.74, 6) is -1.23. The number of carboxylic acids is 1. The highest BCUT2D eigenvalue weighted by Crippen LogP contribution is 2.20. The lowest BCUT2D eigenvalue weighted by atomic mass is 9.87. The second-order valence-electron chi connectivity index (χ2n) is 4.37. The van der Waals surface area contributed by atoms with Crippen LogP contribution in [0.1, 0.15) is 20.3 Å². The molecule has 2 atom stereocenters. The molecule has 2 N–H and O–H groups in total. The van der Waals surface area contributed by atoms with Crippen molar-refractivity contribution in [3.05, 3.63) is 0 Å². The lowest BCUT2D eigenvalue weighted by Gasteiger charge is -2.26. The van der Waals surface area contributed by atoms with Gasteiger partial charge in [0.25, 0.3) is 5.91 Å². The maximum absolute atomic E-state index is 11.7. The Balaban J connectivity index is 2.43. The number of rotatable bonds is 5. The van der Waals surface area contributed by atoms with Crippen LogP contribution in [0.2, 0.25) is 0 Å². The van der Waals surface area contributed by atoms with Crippen LogP contribution in [0.3, 0.4) is 0 Å². The molecule has 0 aromatic carbocycles. The molecular formula is C11H19NO5. The molecule has 0 aromatic heterocycles. The highest BCUT2D eigenvalue weighted by atomic mass is 16.6. The summed E-state index contributed by atoms with van der Waals surface area (Å²) in [4.78, 5) is 22.7. The van der Waals surface area contributed by atoms with E-state index in [1.165, 1.54) is 0 Å². The molecule has 0 bridgehead atoms. The van der Waals surface area contributed by atoms with Crippen molar-refractivity contribution in [2.45, 2.75) is 26.4 Å². The number of carbonyl (C=O) groups excluding carboxylic acids is 1. The Morgan fingerprint density at radius 3 is 2.65 bits per heavy atom. The normalized spacial score (nSPS) is 23.8. The van der Waals surface area contributed by atoms with E-state index >= 15 is 0 Å². The molecule has 17 heavy (non-hydrogen) atoms. The lowest BCUT2D eigenvalue weighted by Crippen LogP contribution is -2.47. The highest BCUT2D eigenvalue weighted by molar-refractivity contribution is 5.82. The average molecular weight is 245 g/mol. The molecule has 6 heteroatoms. The summed E-state index contributed by atoms with van der Waals surface area (Å²) in [6.07, 6.45) is -0.177. The van der Waals surface area contributed by atoms with E-state index in [1.54, 1.807) is 13.8 Å². The number of amides is 1. The first-order valence-electron chi connectivity index (χ1n) is 5.70. The van der Waals surface area contributed by atoms with E-state index in [2.05, 4.69) is 5.32 Å². The SMILES string of the molecule is CCC(C)(CNC(=O)C1COCCO1)C(=O)O. The van der Waals surface area contributed by atoms with E-state index in [0.717, 1.165) is 0 Å². The number of carbonyl (C=O) groups is 2. The fourth-order valence-corrected chi connectivity index (χ4v) is 1.39. The number of hydrogen-bond acceptors (Lipinski definition) is 4. The molecule has 1 fully saturated rings. The van der Waals surface area contributed by atoms with Crippen molar-refractivity contribution in [3.8, 4) is 0 Å². The monoisotopic (exact) mass is 245 g/mol. The summed E-state index contributed by atoms with van der Waals surface area (Å²) < 4.78 is 10.3. The average Bonchev–Trinajstić information content (AvgIpc) is 2.36. The Bertz CT molecular complexity index is 288. The standard InChI is InChI=1S/C11H19NO5/c1-3-11(2,10(14)15)7-12-9(13)8-6-16-4-5-17-8/h8H,3-7H2,1-2H3,(H,12,13)(H,14,15). The van der Waals surface area contributed by atoms with Gasteiger partial charge in [0.15, 0.2) is 6.10 Å². The molecule has 0 aromatic rings. The number of ether oxygens (including phenoxy) is 2. The molecule has 1 saturated heterocycles. The van der Waals surface area contributed by atoms with Gasteiger partial charge in [-0.25, -0.2) is 0 Å². The molecule has 1 rings (SSSR count). The summed E-state index contributed by atoms with van der Waals surface area (Å²) in [5.41, 5.74) is -0.939. The molecule has 1 heterocycles. The quantitative estimate of drug-likeness (QED) is 0.713. The summed E-state index contributed by atoms with van der Waals surface area (Å²) in [7, 11) is 0. The highest BCUT2D eigenvalue weighted by Gasteiger charge is 2.33. The first-order valence-corrected chi connectivity index (χ1v) is 5.70. The van der Waals surface area contributed by atoms with Gasteiger partial charge < -0.3 is 19.9 Å². The van der Waals surface area contributed by atoms with E-state index < -0.39 is 17.5 Å². The van der Waals surface area contributed by atoms with Crippen molar-refractivity contribution >= 4 is 11.9 Å². The topological polar surface area (TPSA) is 84.9 Å². The van der Waals surface area contributed by atoms with Gasteiger partial charge in [-0.2, -0.15) is 0 Å². The second-order valence-corrected chi connectivity index (χ2v) is 4.37. The summed E-state index contributed by atoms with van der Waals surface area (Å²) in [6, 6.07) is 0. The predicted octanol–water partition coefficient (Wildman–Crippen LogP) is 0.0189. The van der Waals surface area contributed by atoms with Crippen molar-refractivity contribution in [1.29, 1.82) is 0 Å². The van der Waals surface area contributed by atoms with Crippen LogP contribution in [0, 0.1) is 5.41 Å². The molecule has 1 amide bonds. The van der Waals surface area contributed by atoms with Crippen LogP contribution in [0.15, 0.2) is 0 Å². The zero-order valence-electron chi connectivity index (χ0n) is 10.2. The van der Waals surface area contributed by atoms with Gasteiger partial charge in [-0.15, -0.1) is 0 Å². The molecular weight excluding hydrogens is 226 g/mol. The third-order valence-electron chi connectivity index (χ3n) is 3.06. The van der Waals surface area contributed by atoms with Gasteiger partial charge in [-0.1, -0.05) is 6.92 Å². The Labute approximate surface area is 100 Å². The molecule has 1 aliphatic heterocycles. The van der Waals surface area contributed by atoms with Crippen molar-refractivity contribution in [2.75, 3.05) is 26.4 Å². The van der Waals surface area contributed by atoms with Crippen LogP contribution in [0.4, 0.5) is 0 Å². The van der Waals surface area contributed by atoms with Crippen molar-refractivity contribution < 1.29 is 24.2 Å². The van der Waals surface area contributed by atoms with Gasteiger partial charge in [-0.3, -0.25) is 9.59 Å². The minimum Gasteiger partial charge on any atom is -0.481 e. The molecule has 0 saturated carbocycles.